The SMILES string of the molecule is CC#C[C@]1(O)CCC2[C@@H]3CCC4CC5(CCC4=C3[C@@H](c3ccc(OC4CCCCO4)cc3)C[C@@]21C)OCCO5. The molecule has 0 aromatic heterocycles. The van der Waals surface area contributed by atoms with Gasteiger partial charge in [-0.1, -0.05) is 36.1 Å². The van der Waals surface area contributed by atoms with Gasteiger partial charge in [-0.15, -0.1) is 5.92 Å². The van der Waals surface area contributed by atoms with Gasteiger partial charge in [0.25, 0.3) is 0 Å². The minimum absolute atomic E-state index is 0.136. The Morgan fingerprint density at radius 1 is 0.949 bits per heavy atom. The molecule has 0 radical (unpaired) electrons. The monoisotopic (exact) mass is 532 g/mol. The van der Waals surface area contributed by atoms with Crippen LogP contribution in [0.1, 0.15) is 96.0 Å². The summed E-state index contributed by atoms with van der Waals surface area (Å²) in [6, 6.07) is 8.80. The smallest absolute Gasteiger partial charge is 0.199 e. The highest BCUT2D eigenvalue weighted by atomic mass is 16.7. The maximum atomic E-state index is 11.9. The zero-order chi connectivity index (χ0) is 26.7. The van der Waals surface area contributed by atoms with Crippen molar-refractivity contribution in [2.45, 2.75) is 108 Å². The molecule has 1 aromatic carbocycles. The molecule has 2 aliphatic heterocycles. The summed E-state index contributed by atoms with van der Waals surface area (Å²) in [6.07, 6.45) is 11.3. The first-order chi connectivity index (χ1) is 18.9. The van der Waals surface area contributed by atoms with Crippen LogP contribution in [0.2, 0.25) is 0 Å². The Labute approximate surface area is 233 Å². The molecule has 2 saturated heterocycles. The first-order valence-electron chi connectivity index (χ1n) is 15.5. The van der Waals surface area contributed by atoms with E-state index in [1.807, 2.05) is 6.92 Å². The van der Waals surface area contributed by atoms with E-state index in [1.165, 1.54) is 18.4 Å². The normalized spacial score (nSPS) is 40.8. The summed E-state index contributed by atoms with van der Waals surface area (Å²) in [7, 11) is 0. The minimum atomic E-state index is -0.915. The van der Waals surface area contributed by atoms with E-state index in [0.29, 0.717) is 17.8 Å². The predicted octanol–water partition coefficient (Wildman–Crippen LogP) is 6.50. The summed E-state index contributed by atoms with van der Waals surface area (Å²) in [6.45, 7) is 6.44. The zero-order valence-corrected chi connectivity index (χ0v) is 23.7. The van der Waals surface area contributed by atoms with Gasteiger partial charge in [-0.05, 0) is 93.7 Å². The molecule has 5 fully saturated rings. The predicted molar refractivity (Wildman–Crippen MR) is 149 cm³/mol. The largest absolute Gasteiger partial charge is 0.465 e. The summed E-state index contributed by atoms with van der Waals surface area (Å²) in [5, 5.41) is 11.9. The third kappa shape index (κ3) is 4.29. The average molecular weight is 533 g/mol. The molecule has 210 valence electrons. The number of hydrogen-bond acceptors (Lipinski definition) is 5. The van der Waals surface area contributed by atoms with Gasteiger partial charge in [0, 0.05) is 30.6 Å². The molecule has 5 heteroatoms. The number of aliphatic hydroxyl groups is 1. The molecule has 39 heavy (non-hydrogen) atoms. The molecule has 0 amide bonds. The lowest BCUT2D eigenvalue weighted by Gasteiger charge is -2.55. The van der Waals surface area contributed by atoms with Crippen LogP contribution in [0.5, 0.6) is 5.75 Å². The molecule has 7 rings (SSSR count). The second-order valence-electron chi connectivity index (χ2n) is 13.2. The highest BCUT2D eigenvalue weighted by Gasteiger charge is 2.63. The van der Waals surface area contributed by atoms with E-state index in [1.54, 1.807) is 11.1 Å². The van der Waals surface area contributed by atoms with Crippen molar-refractivity contribution in [3.8, 4) is 17.6 Å². The van der Waals surface area contributed by atoms with E-state index >= 15 is 0 Å². The van der Waals surface area contributed by atoms with Crippen molar-refractivity contribution in [1.82, 2.24) is 0 Å². The number of allylic oxidation sites excluding steroid dienone is 2. The number of rotatable bonds is 3. The molecule has 3 saturated carbocycles. The highest BCUT2D eigenvalue weighted by Crippen LogP contribution is 2.67. The molecule has 2 heterocycles. The Morgan fingerprint density at radius 2 is 1.77 bits per heavy atom. The van der Waals surface area contributed by atoms with Crippen LogP contribution in [0.4, 0.5) is 0 Å². The van der Waals surface area contributed by atoms with Gasteiger partial charge >= 0.3 is 0 Å². The quantitative estimate of drug-likeness (QED) is 0.356. The van der Waals surface area contributed by atoms with E-state index in [0.717, 1.165) is 83.4 Å². The first kappa shape index (κ1) is 26.1. The van der Waals surface area contributed by atoms with Crippen LogP contribution in [0.25, 0.3) is 0 Å². The van der Waals surface area contributed by atoms with E-state index < -0.39 is 5.60 Å². The lowest BCUT2D eigenvalue weighted by atomic mass is 9.50. The van der Waals surface area contributed by atoms with Crippen molar-refractivity contribution in [3.63, 3.8) is 0 Å². The maximum absolute atomic E-state index is 11.9. The molecule has 6 aliphatic rings. The Balaban J connectivity index is 1.25. The molecule has 1 spiro atoms. The van der Waals surface area contributed by atoms with Gasteiger partial charge in [0.15, 0.2) is 12.1 Å². The van der Waals surface area contributed by atoms with Crippen molar-refractivity contribution in [2.75, 3.05) is 19.8 Å². The van der Waals surface area contributed by atoms with Crippen LogP contribution in [-0.4, -0.2) is 42.6 Å². The summed E-state index contributed by atoms with van der Waals surface area (Å²) in [4.78, 5) is 0. The summed E-state index contributed by atoms with van der Waals surface area (Å²) >= 11 is 0. The molecular formula is C34H44O5. The van der Waals surface area contributed by atoms with Crippen molar-refractivity contribution < 1.29 is 24.1 Å². The fourth-order valence-electron chi connectivity index (χ4n) is 9.44. The van der Waals surface area contributed by atoms with Gasteiger partial charge in [-0.25, -0.2) is 0 Å². The fourth-order valence-corrected chi connectivity index (χ4v) is 9.44. The summed E-state index contributed by atoms with van der Waals surface area (Å²) in [5.41, 5.74) is 3.56. The van der Waals surface area contributed by atoms with Gasteiger partial charge in [0.1, 0.15) is 11.4 Å². The topological polar surface area (TPSA) is 57.2 Å². The maximum Gasteiger partial charge on any atom is 0.199 e. The number of benzene rings is 1. The summed E-state index contributed by atoms with van der Waals surface area (Å²) < 4.78 is 24.3. The van der Waals surface area contributed by atoms with Gasteiger partial charge in [0.2, 0.25) is 0 Å². The number of fused-ring (bicyclic) bond motifs is 4. The van der Waals surface area contributed by atoms with E-state index in [2.05, 4.69) is 43.0 Å². The first-order valence-corrected chi connectivity index (χ1v) is 15.5. The lowest BCUT2D eigenvalue weighted by molar-refractivity contribution is -0.181. The lowest BCUT2D eigenvalue weighted by Crippen LogP contribution is -2.51. The summed E-state index contributed by atoms with van der Waals surface area (Å²) in [5.74, 6) is 8.72. The van der Waals surface area contributed by atoms with E-state index in [-0.39, 0.29) is 23.4 Å². The third-order valence-electron chi connectivity index (χ3n) is 11.3. The fraction of sp³-hybridized carbons (Fsp3) is 0.706. The molecule has 1 N–H and O–H groups in total. The second kappa shape index (κ2) is 9.91. The van der Waals surface area contributed by atoms with E-state index in [9.17, 15) is 5.11 Å². The van der Waals surface area contributed by atoms with Crippen molar-refractivity contribution in [2.24, 2.45) is 23.2 Å². The van der Waals surface area contributed by atoms with Crippen molar-refractivity contribution in [3.05, 3.63) is 41.0 Å². The third-order valence-corrected chi connectivity index (χ3v) is 11.3. The molecule has 5 nitrogen and oxygen atoms in total. The van der Waals surface area contributed by atoms with Crippen LogP contribution >= 0.6 is 0 Å². The van der Waals surface area contributed by atoms with Gasteiger partial charge in [-0.3, -0.25) is 0 Å². The molecule has 0 bridgehead atoms. The van der Waals surface area contributed by atoms with Gasteiger partial charge in [0.05, 0.1) is 19.8 Å². The Kier molecular flexibility index (Phi) is 6.63. The van der Waals surface area contributed by atoms with Crippen LogP contribution in [0.3, 0.4) is 0 Å². The zero-order valence-electron chi connectivity index (χ0n) is 23.7. The van der Waals surface area contributed by atoms with Gasteiger partial charge < -0.3 is 24.1 Å². The second-order valence-corrected chi connectivity index (χ2v) is 13.2. The average Bonchev–Trinajstić information content (AvgIpc) is 3.50. The van der Waals surface area contributed by atoms with Gasteiger partial charge in [-0.2, -0.15) is 0 Å². The van der Waals surface area contributed by atoms with Crippen LogP contribution in [-0.2, 0) is 14.2 Å². The highest BCUT2D eigenvalue weighted by molar-refractivity contribution is 5.43. The Morgan fingerprint density at radius 3 is 2.51 bits per heavy atom. The molecule has 1 aromatic rings. The number of hydrogen-bond donors (Lipinski definition) is 1. The minimum Gasteiger partial charge on any atom is -0.465 e. The van der Waals surface area contributed by atoms with Crippen molar-refractivity contribution >= 4 is 0 Å². The van der Waals surface area contributed by atoms with Crippen molar-refractivity contribution in [1.29, 1.82) is 0 Å². The molecule has 7 atom stereocenters. The number of ether oxygens (including phenoxy) is 4. The Hall–Kier alpha value is -1.84. The standard InChI is InChI=1S/C34H44O5/c1-3-15-33(35)16-14-29-27-12-9-24-21-34(37-19-20-38-34)17-13-26(24)31(27)28(22-32(29,33)2)23-7-10-25(11-8-23)39-30-6-4-5-18-36-30/h7-8,10-11,24,27-30,35H,4-6,9,12-14,16-22H2,1-2H3/t24?,27-,28+,29?,30?,32-,33-/m0/s1. The molecule has 3 unspecified atom stereocenters. The molecular weight excluding hydrogens is 488 g/mol. The van der Waals surface area contributed by atoms with Crippen LogP contribution in [0, 0.1) is 35.0 Å². The Bertz CT molecular complexity index is 1160. The van der Waals surface area contributed by atoms with E-state index in [4.69, 9.17) is 18.9 Å². The van der Waals surface area contributed by atoms with Crippen LogP contribution in [0.15, 0.2) is 35.4 Å². The van der Waals surface area contributed by atoms with Crippen LogP contribution < -0.4 is 4.74 Å². The molecule has 4 aliphatic carbocycles.